The van der Waals surface area contributed by atoms with Gasteiger partial charge in [0.05, 0.1) is 0 Å². The van der Waals surface area contributed by atoms with Crippen LogP contribution in [0.25, 0.3) is 0 Å². The van der Waals surface area contributed by atoms with Crippen LogP contribution in [-0.2, 0) is 0 Å². The van der Waals surface area contributed by atoms with Crippen LogP contribution in [0.1, 0.15) is 72.6 Å². The van der Waals surface area contributed by atoms with Crippen LogP contribution < -0.4 is 5.32 Å². The highest BCUT2D eigenvalue weighted by atomic mass is 15.3. The highest BCUT2D eigenvalue weighted by molar-refractivity contribution is 5.06. The van der Waals surface area contributed by atoms with E-state index in [9.17, 15) is 0 Å². The smallest absolute Gasteiger partial charge is 0.0309 e. The molecule has 2 nitrogen and oxygen atoms in total. The van der Waals surface area contributed by atoms with Crippen molar-refractivity contribution in [3.63, 3.8) is 0 Å². The van der Waals surface area contributed by atoms with Crippen LogP contribution in [0.2, 0.25) is 0 Å². The molecule has 2 rings (SSSR count). The van der Waals surface area contributed by atoms with Gasteiger partial charge < -0.3 is 5.32 Å². The van der Waals surface area contributed by atoms with Gasteiger partial charge in [-0.3, -0.25) is 4.90 Å². The van der Waals surface area contributed by atoms with Crippen LogP contribution in [0, 0.1) is 0 Å². The van der Waals surface area contributed by atoms with Gasteiger partial charge in [0, 0.05) is 30.2 Å². The largest absolute Gasteiger partial charge is 0.308 e. The van der Waals surface area contributed by atoms with Crippen molar-refractivity contribution in [2.24, 2.45) is 0 Å². The average molecular weight is 252 g/mol. The fourth-order valence-electron chi connectivity index (χ4n) is 4.03. The summed E-state index contributed by atoms with van der Waals surface area (Å²) in [4.78, 5) is 2.83. The van der Waals surface area contributed by atoms with Gasteiger partial charge in [-0.05, 0) is 39.5 Å². The molecule has 2 unspecified atom stereocenters. The number of nitrogens with one attached hydrogen (secondary N) is 1. The SMILES string of the molecule is CCCC(C)N1CC2(CCCC2)NCC1(C)CC. The van der Waals surface area contributed by atoms with Gasteiger partial charge in [0.2, 0.25) is 0 Å². The van der Waals surface area contributed by atoms with Gasteiger partial charge in [0.1, 0.15) is 0 Å². The van der Waals surface area contributed by atoms with Gasteiger partial charge in [0.25, 0.3) is 0 Å². The maximum Gasteiger partial charge on any atom is 0.0309 e. The van der Waals surface area contributed by atoms with Crippen LogP contribution >= 0.6 is 0 Å². The zero-order chi connectivity index (χ0) is 13.2. The zero-order valence-corrected chi connectivity index (χ0v) is 12.9. The van der Waals surface area contributed by atoms with Crippen LogP contribution in [0.5, 0.6) is 0 Å². The van der Waals surface area contributed by atoms with Crippen molar-refractivity contribution in [1.29, 1.82) is 0 Å². The molecule has 2 atom stereocenters. The fraction of sp³-hybridized carbons (Fsp3) is 1.00. The minimum atomic E-state index is 0.364. The molecule has 2 aliphatic rings. The van der Waals surface area contributed by atoms with Crippen molar-refractivity contribution in [3.8, 4) is 0 Å². The summed E-state index contributed by atoms with van der Waals surface area (Å²) in [5, 5.41) is 3.92. The Kier molecular flexibility index (Phi) is 4.38. The Labute approximate surface area is 114 Å². The zero-order valence-electron chi connectivity index (χ0n) is 12.9. The molecule has 1 spiro atoms. The van der Waals surface area contributed by atoms with Gasteiger partial charge in [-0.2, -0.15) is 0 Å². The quantitative estimate of drug-likeness (QED) is 0.823. The number of rotatable bonds is 4. The van der Waals surface area contributed by atoms with Crippen LogP contribution in [0.4, 0.5) is 0 Å². The molecule has 1 saturated heterocycles. The molecule has 0 aromatic rings. The maximum atomic E-state index is 3.92. The number of hydrogen-bond acceptors (Lipinski definition) is 2. The number of nitrogens with zero attached hydrogens (tertiary/aromatic N) is 1. The Morgan fingerprint density at radius 1 is 1.22 bits per heavy atom. The van der Waals surface area contributed by atoms with Crippen molar-refractivity contribution in [3.05, 3.63) is 0 Å². The van der Waals surface area contributed by atoms with Gasteiger partial charge in [0.15, 0.2) is 0 Å². The Hall–Kier alpha value is -0.0800. The van der Waals surface area contributed by atoms with E-state index < -0.39 is 0 Å². The lowest BCUT2D eigenvalue weighted by atomic mass is 9.83. The van der Waals surface area contributed by atoms with E-state index >= 15 is 0 Å². The van der Waals surface area contributed by atoms with E-state index in [-0.39, 0.29) is 0 Å². The minimum Gasteiger partial charge on any atom is -0.308 e. The van der Waals surface area contributed by atoms with E-state index in [1.807, 2.05) is 0 Å². The first kappa shape index (κ1) is 14.3. The molecule has 1 aliphatic heterocycles. The molecule has 0 bridgehead atoms. The molecular weight excluding hydrogens is 220 g/mol. The second-order valence-electron chi connectivity index (χ2n) is 6.96. The fourth-order valence-corrected chi connectivity index (χ4v) is 4.03. The summed E-state index contributed by atoms with van der Waals surface area (Å²) in [5.41, 5.74) is 0.819. The Morgan fingerprint density at radius 2 is 1.89 bits per heavy atom. The highest BCUT2D eigenvalue weighted by Gasteiger charge is 2.46. The van der Waals surface area contributed by atoms with E-state index in [1.165, 1.54) is 58.0 Å². The highest BCUT2D eigenvalue weighted by Crippen LogP contribution is 2.38. The summed E-state index contributed by atoms with van der Waals surface area (Å²) in [6.45, 7) is 12.0. The van der Waals surface area contributed by atoms with E-state index in [4.69, 9.17) is 0 Å². The lowest BCUT2D eigenvalue weighted by Gasteiger charge is -2.54. The summed E-state index contributed by atoms with van der Waals surface area (Å²) in [5.74, 6) is 0. The van der Waals surface area contributed by atoms with Crippen molar-refractivity contribution >= 4 is 0 Å². The third kappa shape index (κ3) is 2.60. The van der Waals surface area contributed by atoms with Crippen molar-refractivity contribution in [1.82, 2.24) is 10.2 Å². The number of piperazine rings is 1. The standard InChI is InChI=1S/C16H32N2/c1-5-9-14(3)18-13-16(10-7-8-11-16)17-12-15(18,4)6-2/h14,17H,5-13H2,1-4H3. The molecule has 1 saturated carbocycles. The summed E-state index contributed by atoms with van der Waals surface area (Å²) in [6.07, 6.45) is 9.52. The van der Waals surface area contributed by atoms with Crippen LogP contribution in [0.3, 0.4) is 0 Å². The van der Waals surface area contributed by atoms with E-state index in [1.54, 1.807) is 0 Å². The van der Waals surface area contributed by atoms with Crippen LogP contribution in [-0.4, -0.2) is 35.1 Å². The summed E-state index contributed by atoms with van der Waals surface area (Å²) < 4.78 is 0. The van der Waals surface area contributed by atoms with Crippen molar-refractivity contribution in [2.75, 3.05) is 13.1 Å². The first-order chi connectivity index (χ1) is 8.55. The molecule has 2 heteroatoms. The maximum absolute atomic E-state index is 3.92. The van der Waals surface area contributed by atoms with Gasteiger partial charge in [-0.25, -0.2) is 0 Å². The Bertz CT molecular complexity index is 270. The monoisotopic (exact) mass is 252 g/mol. The molecule has 18 heavy (non-hydrogen) atoms. The van der Waals surface area contributed by atoms with Gasteiger partial charge in [-0.15, -0.1) is 0 Å². The summed E-state index contributed by atoms with van der Waals surface area (Å²) in [6, 6.07) is 0.736. The molecule has 0 radical (unpaired) electrons. The van der Waals surface area contributed by atoms with Gasteiger partial charge in [-0.1, -0.05) is 33.1 Å². The third-order valence-corrected chi connectivity index (χ3v) is 5.57. The van der Waals surface area contributed by atoms with E-state index in [0.29, 0.717) is 11.1 Å². The van der Waals surface area contributed by atoms with E-state index in [2.05, 4.69) is 37.9 Å². The Balaban J connectivity index is 2.12. The molecule has 106 valence electrons. The molecule has 1 N–H and O–H groups in total. The first-order valence-electron chi connectivity index (χ1n) is 8.07. The minimum absolute atomic E-state index is 0.364. The van der Waals surface area contributed by atoms with Gasteiger partial charge >= 0.3 is 0 Å². The molecule has 0 amide bonds. The topological polar surface area (TPSA) is 15.3 Å². The van der Waals surface area contributed by atoms with E-state index in [0.717, 1.165) is 6.04 Å². The normalized spacial score (nSPS) is 34.0. The second kappa shape index (κ2) is 5.50. The van der Waals surface area contributed by atoms with Crippen LogP contribution in [0.15, 0.2) is 0 Å². The molecule has 0 aromatic heterocycles. The molecule has 1 heterocycles. The molecule has 2 fully saturated rings. The molecular formula is C16H32N2. The Morgan fingerprint density at radius 3 is 2.44 bits per heavy atom. The lowest BCUT2D eigenvalue weighted by Crippen LogP contribution is -2.69. The predicted molar refractivity (Wildman–Crippen MR) is 79.0 cm³/mol. The summed E-state index contributed by atoms with van der Waals surface area (Å²) >= 11 is 0. The molecule has 0 aromatic carbocycles. The third-order valence-electron chi connectivity index (χ3n) is 5.57. The second-order valence-corrected chi connectivity index (χ2v) is 6.96. The predicted octanol–water partition coefficient (Wildman–Crippen LogP) is 3.56. The average Bonchev–Trinajstić information content (AvgIpc) is 2.82. The summed E-state index contributed by atoms with van der Waals surface area (Å²) in [7, 11) is 0. The van der Waals surface area contributed by atoms with Crippen molar-refractivity contribution in [2.45, 2.75) is 89.8 Å². The van der Waals surface area contributed by atoms with Crippen molar-refractivity contribution < 1.29 is 0 Å². The number of hydrogen-bond donors (Lipinski definition) is 1. The first-order valence-corrected chi connectivity index (χ1v) is 8.07. The lowest BCUT2D eigenvalue weighted by molar-refractivity contribution is -0.0160. The molecule has 1 aliphatic carbocycles.